The van der Waals surface area contributed by atoms with Gasteiger partial charge in [-0.1, -0.05) is 23.8 Å². The molecule has 0 aliphatic heterocycles. The second-order valence-corrected chi connectivity index (χ2v) is 3.11. The number of allylic oxidation sites excluding steroid dienone is 2. The van der Waals surface area contributed by atoms with Gasteiger partial charge in [-0.3, -0.25) is 4.79 Å². The first kappa shape index (κ1) is 11.2. The molecule has 1 aromatic rings. The highest BCUT2D eigenvalue weighted by Gasteiger charge is 2.01. The topological polar surface area (TPSA) is 41.5 Å². The number of aryl methyl sites for hydroxylation is 1. The Labute approximate surface area is 89.5 Å². The highest BCUT2D eigenvalue weighted by atomic mass is 16.2. The van der Waals surface area contributed by atoms with Crippen LogP contribution in [0.5, 0.6) is 0 Å². The van der Waals surface area contributed by atoms with Gasteiger partial charge < -0.3 is 0 Å². The minimum absolute atomic E-state index is 0.198. The van der Waals surface area contributed by atoms with Crippen molar-refractivity contribution in [3.63, 3.8) is 0 Å². The maximum Gasteiger partial charge on any atom is 0.271 e. The largest absolute Gasteiger partial charge is 0.271 e. The molecule has 78 valence electrons. The second-order valence-electron chi connectivity index (χ2n) is 3.11. The molecule has 0 saturated heterocycles. The zero-order valence-corrected chi connectivity index (χ0v) is 8.90. The van der Waals surface area contributed by atoms with Crippen LogP contribution in [-0.4, -0.2) is 12.1 Å². The SMILES string of the molecule is C/C=C/C=N/NC(=O)c1ccc(C)cc1. The van der Waals surface area contributed by atoms with Crippen LogP contribution in [0.3, 0.4) is 0 Å². The number of hydrogen-bond acceptors (Lipinski definition) is 2. The monoisotopic (exact) mass is 202 g/mol. The van der Waals surface area contributed by atoms with Crippen molar-refractivity contribution < 1.29 is 4.79 Å². The van der Waals surface area contributed by atoms with E-state index in [9.17, 15) is 4.79 Å². The highest BCUT2D eigenvalue weighted by molar-refractivity contribution is 5.94. The van der Waals surface area contributed by atoms with E-state index in [1.165, 1.54) is 6.21 Å². The van der Waals surface area contributed by atoms with Gasteiger partial charge in [0.2, 0.25) is 0 Å². The summed E-state index contributed by atoms with van der Waals surface area (Å²) in [5, 5.41) is 3.75. The Morgan fingerprint density at radius 1 is 1.33 bits per heavy atom. The molecule has 0 aliphatic carbocycles. The number of hydrogen-bond donors (Lipinski definition) is 1. The van der Waals surface area contributed by atoms with E-state index < -0.39 is 0 Å². The number of hydrazone groups is 1. The fourth-order valence-electron chi connectivity index (χ4n) is 0.994. The Bertz CT molecular complexity index is 377. The molecule has 15 heavy (non-hydrogen) atoms. The molecule has 1 rings (SSSR count). The molecular formula is C12H14N2O. The third-order valence-electron chi connectivity index (χ3n) is 1.83. The van der Waals surface area contributed by atoms with Crippen molar-refractivity contribution in [1.29, 1.82) is 0 Å². The molecule has 0 atom stereocenters. The van der Waals surface area contributed by atoms with Gasteiger partial charge in [-0.2, -0.15) is 5.10 Å². The Morgan fingerprint density at radius 3 is 2.60 bits per heavy atom. The smallest absolute Gasteiger partial charge is 0.267 e. The van der Waals surface area contributed by atoms with Crippen LogP contribution in [-0.2, 0) is 0 Å². The summed E-state index contributed by atoms with van der Waals surface area (Å²) in [7, 11) is 0. The van der Waals surface area contributed by atoms with Crippen molar-refractivity contribution in [2.75, 3.05) is 0 Å². The molecule has 0 unspecified atom stereocenters. The summed E-state index contributed by atoms with van der Waals surface area (Å²) < 4.78 is 0. The Hall–Kier alpha value is -1.90. The van der Waals surface area contributed by atoms with Crippen molar-refractivity contribution >= 4 is 12.1 Å². The van der Waals surface area contributed by atoms with Gasteiger partial charge in [0.05, 0.1) is 0 Å². The van der Waals surface area contributed by atoms with Crippen LogP contribution in [0.2, 0.25) is 0 Å². The predicted molar refractivity (Wildman–Crippen MR) is 62.0 cm³/mol. The van der Waals surface area contributed by atoms with Crippen molar-refractivity contribution in [3.8, 4) is 0 Å². The highest BCUT2D eigenvalue weighted by Crippen LogP contribution is 2.02. The van der Waals surface area contributed by atoms with Gasteiger partial charge in [0, 0.05) is 11.8 Å². The Kier molecular flexibility index (Phi) is 4.29. The van der Waals surface area contributed by atoms with Gasteiger partial charge in [-0.25, -0.2) is 5.43 Å². The van der Waals surface area contributed by atoms with Crippen LogP contribution in [0.25, 0.3) is 0 Å². The van der Waals surface area contributed by atoms with Gasteiger partial charge in [-0.15, -0.1) is 0 Å². The molecular weight excluding hydrogens is 188 g/mol. The van der Waals surface area contributed by atoms with E-state index in [0.29, 0.717) is 5.56 Å². The summed E-state index contributed by atoms with van der Waals surface area (Å²) in [6.45, 7) is 3.86. The molecule has 1 aromatic carbocycles. The molecule has 3 heteroatoms. The first-order valence-electron chi connectivity index (χ1n) is 4.75. The molecule has 0 aromatic heterocycles. The average Bonchev–Trinajstić information content (AvgIpc) is 2.25. The van der Waals surface area contributed by atoms with Gasteiger partial charge in [0.15, 0.2) is 0 Å². The number of nitrogens with zero attached hydrogens (tertiary/aromatic N) is 1. The lowest BCUT2D eigenvalue weighted by Crippen LogP contribution is -2.17. The quantitative estimate of drug-likeness (QED) is 0.593. The number of rotatable bonds is 3. The van der Waals surface area contributed by atoms with Crippen molar-refractivity contribution in [1.82, 2.24) is 5.43 Å². The fraction of sp³-hybridized carbons (Fsp3) is 0.167. The van der Waals surface area contributed by atoms with E-state index >= 15 is 0 Å². The Balaban J connectivity index is 2.58. The fourth-order valence-corrected chi connectivity index (χ4v) is 0.994. The molecule has 0 spiro atoms. The summed E-state index contributed by atoms with van der Waals surface area (Å²) in [5.41, 5.74) is 4.17. The van der Waals surface area contributed by atoms with E-state index in [1.807, 2.05) is 32.1 Å². The molecule has 0 heterocycles. The van der Waals surface area contributed by atoms with Crippen molar-refractivity contribution in [3.05, 3.63) is 47.5 Å². The number of amides is 1. The van der Waals surface area contributed by atoms with Gasteiger partial charge in [0.1, 0.15) is 0 Å². The van der Waals surface area contributed by atoms with Crippen LogP contribution >= 0.6 is 0 Å². The first-order chi connectivity index (χ1) is 7.24. The molecule has 1 amide bonds. The zero-order valence-electron chi connectivity index (χ0n) is 8.90. The lowest BCUT2D eigenvalue weighted by atomic mass is 10.1. The molecule has 0 bridgehead atoms. The van der Waals surface area contributed by atoms with Crippen LogP contribution in [0.4, 0.5) is 0 Å². The maximum absolute atomic E-state index is 11.5. The number of benzene rings is 1. The van der Waals surface area contributed by atoms with Crippen LogP contribution < -0.4 is 5.43 Å². The second kappa shape index (κ2) is 5.75. The maximum atomic E-state index is 11.5. The number of nitrogens with one attached hydrogen (secondary N) is 1. The van der Waals surface area contributed by atoms with Crippen molar-refractivity contribution in [2.45, 2.75) is 13.8 Å². The van der Waals surface area contributed by atoms with Crippen LogP contribution in [0.15, 0.2) is 41.5 Å². The van der Waals surface area contributed by atoms with E-state index in [1.54, 1.807) is 18.2 Å². The minimum atomic E-state index is -0.198. The van der Waals surface area contributed by atoms with E-state index in [0.717, 1.165) is 5.56 Å². The zero-order chi connectivity index (χ0) is 11.1. The summed E-state index contributed by atoms with van der Waals surface area (Å²) >= 11 is 0. The van der Waals surface area contributed by atoms with Gasteiger partial charge in [0.25, 0.3) is 5.91 Å². The third-order valence-corrected chi connectivity index (χ3v) is 1.83. The summed E-state index contributed by atoms with van der Waals surface area (Å²) in [6, 6.07) is 7.33. The average molecular weight is 202 g/mol. The van der Waals surface area contributed by atoms with E-state index in [2.05, 4.69) is 10.5 Å². The number of carbonyl (C=O) groups is 1. The normalized spacial score (nSPS) is 11.1. The van der Waals surface area contributed by atoms with E-state index in [4.69, 9.17) is 0 Å². The summed E-state index contributed by atoms with van der Waals surface area (Å²) in [6.07, 6.45) is 5.11. The molecule has 0 fully saturated rings. The Morgan fingerprint density at radius 2 is 2.00 bits per heavy atom. The first-order valence-corrected chi connectivity index (χ1v) is 4.75. The van der Waals surface area contributed by atoms with Gasteiger partial charge in [-0.05, 0) is 32.1 Å². The van der Waals surface area contributed by atoms with Crippen LogP contribution in [0.1, 0.15) is 22.8 Å². The molecule has 0 aliphatic rings. The molecule has 3 nitrogen and oxygen atoms in total. The third kappa shape index (κ3) is 3.77. The molecule has 0 radical (unpaired) electrons. The van der Waals surface area contributed by atoms with Gasteiger partial charge >= 0.3 is 0 Å². The van der Waals surface area contributed by atoms with Crippen molar-refractivity contribution in [2.24, 2.45) is 5.10 Å². The summed E-state index contributed by atoms with van der Waals surface area (Å²) in [4.78, 5) is 11.5. The minimum Gasteiger partial charge on any atom is -0.267 e. The van der Waals surface area contributed by atoms with E-state index in [-0.39, 0.29) is 5.91 Å². The predicted octanol–water partition coefficient (Wildman–Crippen LogP) is 2.29. The van der Waals surface area contributed by atoms with Crippen LogP contribution in [0, 0.1) is 6.92 Å². The summed E-state index contributed by atoms with van der Waals surface area (Å²) in [5.74, 6) is -0.198. The molecule has 1 N–H and O–H groups in total. The number of carbonyl (C=O) groups excluding carboxylic acids is 1. The standard InChI is InChI=1S/C12H14N2O/c1-3-4-9-13-14-12(15)11-7-5-10(2)6-8-11/h3-9H,1-2H3,(H,14,15)/b4-3+,13-9+. The molecule has 0 saturated carbocycles. The lowest BCUT2D eigenvalue weighted by Gasteiger charge is -1.99. The lowest BCUT2D eigenvalue weighted by molar-refractivity contribution is 0.0955.